The fraction of sp³-hybridized carbons (Fsp3) is 0.316. The Morgan fingerprint density at radius 2 is 1.79 bits per heavy atom. The highest BCUT2D eigenvalue weighted by Gasteiger charge is 2.25. The lowest BCUT2D eigenvalue weighted by molar-refractivity contribution is -0.385. The van der Waals surface area contributed by atoms with Crippen molar-refractivity contribution in [3.8, 4) is 0 Å². The molecule has 9 nitrogen and oxygen atoms in total. The molecule has 29 heavy (non-hydrogen) atoms. The van der Waals surface area contributed by atoms with E-state index in [1.807, 2.05) is 42.3 Å². The first-order chi connectivity index (χ1) is 13.6. The van der Waals surface area contributed by atoms with Gasteiger partial charge in [0.2, 0.25) is 15.9 Å². The molecule has 2 aromatic rings. The highest BCUT2D eigenvalue weighted by molar-refractivity contribution is 7.92. The molecule has 1 amide bonds. The summed E-state index contributed by atoms with van der Waals surface area (Å²) in [7, 11) is -1.94. The molecule has 0 fully saturated rings. The number of carbonyl (C=O) groups is 1. The highest BCUT2D eigenvalue weighted by Crippen LogP contribution is 2.29. The standard InChI is InChI=1S/C19H24N4O5S/c1-15-17(10-7-11-18(15)23(25)26)22(29(3,27)28)14-19(24)20-12-13-21(2)16-8-5-4-6-9-16/h4-11H,12-14H2,1-3H3,(H,20,24). The number of amides is 1. The van der Waals surface area contributed by atoms with Crippen molar-refractivity contribution >= 4 is 33.0 Å². The van der Waals surface area contributed by atoms with Crippen LogP contribution in [0.4, 0.5) is 17.1 Å². The van der Waals surface area contributed by atoms with Crippen molar-refractivity contribution in [3.05, 3.63) is 64.2 Å². The molecule has 1 N–H and O–H groups in total. The summed E-state index contributed by atoms with van der Waals surface area (Å²) in [5, 5.41) is 13.8. The summed E-state index contributed by atoms with van der Waals surface area (Å²) in [5.74, 6) is -0.497. The molecule has 0 aliphatic rings. The Balaban J connectivity index is 2.07. The van der Waals surface area contributed by atoms with Crippen LogP contribution in [-0.2, 0) is 14.8 Å². The van der Waals surface area contributed by atoms with Crippen molar-refractivity contribution in [1.29, 1.82) is 0 Å². The number of anilines is 2. The number of rotatable bonds is 9. The van der Waals surface area contributed by atoms with Gasteiger partial charge in [0.25, 0.3) is 5.69 Å². The third kappa shape index (κ3) is 5.92. The Hall–Kier alpha value is -3.14. The lowest BCUT2D eigenvalue weighted by Crippen LogP contribution is -2.42. The number of nitrogens with zero attached hydrogens (tertiary/aromatic N) is 3. The van der Waals surface area contributed by atoms with E-state index in [1.54, 1.807) is 0 Å². The average molecular weight is 420 g/mol. The summed E-state index contributed by atoms with van der Waals surface area (Å²) in [5.41, 5.74) is 1.07. The molecule has 0 bridgehead atoms. The van der Waals surface area contributed by atoms with Crippen LogP contribution in [0.15, 0.2) is 48.5 Å². The van der Waals surface area contributed by atoms with Crippen molar-refractivity contribution < 1.29 is 18.1 Å². The van der Waals surface area contributed by atoms with Crippen LogP contribution >= 0.6 is 0 Å². The molecule has 0 aliphatic carbocycles. The van der Waals surface area contributed by atoms with Gasteiger partial charge in [0, 0.05) is 31.9 Å². The first kappa shape index (κ1) is 22.2. The second-order valence-electron chi connectivity index (χ2n) is 6.56. The first-order valence-electron chi connectivity index (χ1n) is 8.86. The Morgan fingerprint density at radius 3 is 2.38 bits per heavy atom. The SMILES string of the molecule is Cc1c(N(CC(=O)NCCN(C)c2ccccc2)S(C)(=O)=O)cccc1[N+](=O)[O-]. The van der Waals surface area contributed by atoms with E-state index < -0.39 is 27.4 Å². The molecule has 2 aromatic carbocycles. The van der Waals surface area contributed by atoms with Crippen LogP contribution < -0.4 is 14.5 Å². The molecule has 2 rings (SSSR count). The Kier molecular flexibility index (Phi) is 7.16. The predicted octanol–water partition coefficient (Wildman–Crippen LogP) is 1.92. The van der Waals surface area contributed by atoms with Crippen LogP contribution in [0.5, 0.6) is 0 Å². The monoisotopic (exact) mass is 420 g/mol. The van der Waals surface area contributed by atoms with E-state index in [0.29, 0.717) is 13.1 Å². The molecule has 0 aliphatic heterocycles. The highest BCUT2D eigenvalue weighted by atomic mass is 32.2. The Morgan fingerprint density at radius 1 is 1.14 bits per heavy atom. The van der Waals surface area contributed by atoms with Gasteiger partial charge < -0.3 is 10.2 Å². The maximum absolute atomic E-state index is 12.4. The number of sulfonamides is 1. The molecule has 0 aromatic heterocycles. The predicted molar refractivity (Wildman–Crippen MR) is 113 cm³/mol. The van der Waals surface area contributed by atoms with Crippen LogP contribution in [0.2, 0.25) is 0 Å². The zero-order chi connectivity index (χ0) is 21.6. The van der Waals surface area contributed by atoms with Gasteiger partial charge in [-0.3, -0.25) is 19.2 Å². The van der Waals surface area contributed by atoms with Gasteiger partial charge in [-0.1, -0.05) is 24.3 Å². The normalized spacial score (nSPS) is 11.0. The number of benzene rings is 2. The van der Waals surface area contributed by atoms with E-state index in [0.717, 1.165) is 16.2 Å². The van der Waals surface area contributed by atoms with Crippen LogP contribution in [0, 0.1) is 17.0 Å². The number of nitrogens with one attached hydrogen (secondary N) is 1. The largest absolute Gasteiger partial charge is 0.373 e. The second kappa shape index (κ2) is 9.37. The Labute approximate surface area is 170 Å². The molecule has 0 heterocycles. The minimum Gasteiger partial charge on any atom is -0.373 e. The van der Waals surface area contributed by atoms with E-state index in [9.17, 15) is 23.3 Å². The van der Waals surface area contributed by atoms with Gasteiger partial charge in [-0.2, -0.15) is 0 Å². The van der Waals surface area contributed by atoms with Crippen LogP contribution in [-0.4, -0.2) is 52.2 Å². The number of nitro benzene ring substituents is 1. The van der Waals surface area contributed by atoms with Crippen molar-refractivity contribution in [2.24, 2.45) is 0 Å². The molecule has 10 heteroatoms. The Bertz CT molecular complexity index is 979. The van der Waals surface area contributed by atoms with E-state index in [1.165, 1.54) is 25.1 Å². The fourth-order valence-corrected chi connectivity index (χ4v) is 3.73. The van der Waals surface area contributed by atoms with E-state index in [2.05, 4.69) is 5.32 Å². The number of carbonyl (C=O) groups excluding carboxylic acids is 1. The summed E-state index contributed by atoms with van der Waals surface area (Å²) in [6, 6.07) is 13.8. The van der Waals surface area contributed by atoms with Crippen molar-refractivity contribution in [3.63, 3.8) is 0 Å². The number of hydrogen-bond acceptors (Lipinski definition) is 6. The lowest BCUT2D eigenvalue weighted by atomic mass is 10.1. The van der Waals surface area contributed by atoms with Gasteiger partial charge in [-0.05, 0) is 25.1 Å². The molecule has 0 unspecified atom stereocenters. The topological polar surface area (TPSA) is 113 Å². The molecule has 0 saturated heterocycles. The summed E-state index contributed by atoms with van der Waals surface area (Å²) in [6.45, 7) is 1.84. The molecular weight excluding hydrogens is 396 g/mol. The first-order valence-corrected chi connectivity index (χ1v) is 10.7. The molecule has 0 spiro atoms. The molecule has 0 saturated carbocycles. The number of para-hydroxylation sites is 1. The van der Waals surface area contributed by atoms with E-state index in [-0.39, 0.29) is 16.9 Å². The molecule has 0 radical (unpaired) electrons. The zero-order valence-corrected chi connectivity index (χ0v) is 17.3. The van der Waals surface area contributed by atoms with Crippen molar-refractivity contribution in [1.82, 2.24) is 5.32 Å². The molecular formula is C19H24N4O5S. The number of nitro groups is 1. The van der Waals surface area contributed by atoms with E-state index >= 15 is 0 Å². The summed E-state index contributed by atoms with van der Waals surface area (Å²) < 4.78 is 25.4. The summed E-state index contributed by atoms with van der Waals surface area (Å²) in [4.78, 5) is 24.9. The third-order valence-electron chi connectivity index (χ3n) is 4.40. The minimum atomic E-state index is -3.82. The number of hydrogen-bond donors (Lipinski definition) is 1. The zero-order valence-electron chi connectivity index (χ0n) is 16.5. The maximum Gasteiger partial charge on any atom is 0.274 e. The van der Waals surface area contributed by atoms with Crippen molar-refractivity contribution in [2.75, 3.05) is 42.1 Å². The van der Waals surface area contributed by atoms with Gasteiger partial charge >= 0.3 is 0 Å². The van der Waals surface area contributed by atoms with Gasteiger partial charge in [0.05, 0.1) is 22.4 Å². The summed E-state index contributed by atoms with van der Waals surface area (Å²) >= 11 is 0. The van der Waals surface area contributed by atoms with Gasteiger partial charge in [-0.25, -0.2) is 8.42 Å². The van der Waals surface area contributed by atoms with Gasteiger partial charge in [-0.15, -0.1) is 0 Å². The van der Waals surface area contributed by atoms with Gasteiger partial charge in [0.15, 0.2) is 0 Å². The maximum atomic E-state index is 12.4. The molecule has 0 atom stereocenters. The van der Waals surface area contributed by atoms with E-state index in [4.69, 9.17) is 0 Å². The average Bonchev–Trinajstić information content (AvgIpc) is 2.66. The quantitative estimate of drug-likeness (QED) is 0.490. The van der Waals surface area contributed by atoms with Crippen molar-refractivity contribution in [2.45, 2.75) is 6.92 Å². The fourth-order valence-electron chi connectivity index (χ4n) is 2.82. The van der Waals surface area contributed by atoms with Gasteiger partial charge in [0.1, 0.15) is 6.54 Å². The molecule has 156 valence electrons. The van der Waals surface area contributed by atoms with Crippen LogP contribution in [0.25, 0.3) is 0 Å². The third-order valence-corrected chi connectivity index (χ3v) is 5.52. The lowest BCUT2D eigenvalue weighted by Gasteiger charge is -2.24. The van der Waals surface area contributed by atoms with Crippen LogP contribution in [0.1, 0.15) is 5.56 Å². The second-order valence-corrected chi connectivity index (χ2v) is 8.46. The summed E-state index contributed by atoms with van der Waals surface area (Å²) in [6.07, 6.45) is 0.960. The smallest absolute Gasteiger partial charge is 0.274 e. The van der Waals surface area contributed by atoms with Crippen LogP contribution in [0.3, 0.4) is 0 Å². The number of likely N-dealkylation sites (N-methyl/N-ethyl adjacent to an activating group) is 1. The minimum absolute atomic E-state index is 0.109.